The lowest BCUT2D eigenvalue weighted by Crippen LogP contribution is -2.36. The van der Waals surface area contributed by atoms with Crippen molar-refractivity contribution in [2.24, 2.45) is 5.41 Å². The summed E-state index contributed by atoms with van der Waals surface area (Å²) in [5, 5.41) is 6.84. The van der Waals surface area contributed by atoms with Gasteiger partial charge in [0.25, 0.3) is 0 Å². The summed E-state index contributed by atoms with van der Waals surface area (Å²) in [7, 11) is 0. The lowest BCUT2D eigenvalue weighted by Gasteiger charge is -2.19. The molecule has 112 valence electrons. The molecule has 5 nitrogen and oxygen atoms in total. The topological polar surface area (TPSA) is 68.0 Å². The molecule has 0 radical (unpaired) electrons. The van der Waals surface area contributed by atoms with Gasteiger partial charge in [0.05, 0.1) is 0 Å². The van der Waals surface area contributed by atoms with Crippen molar-refractivity contribution in [2.45, 2.75) is 40.7 Å². The first-order chi connectivity index (χ1) is 9.77. The third-order valence-electron chi connectivity index (χ3n) is 3.15. The predicted octanol–water partition coefficient (Wildman–Crippen LogP) is 3.27. The molecule has 0 aliphatic heterocycles. The summed E-state index contributed by atoms with van der Waals surface area (Å²) in [6.45, 7) is 9.44. The molecule has 1 amide bonds. The molecule has 0 aliphatic rings. The summed E-state index contributed by atoms with van der Waals surface area (Å²) < 4.78 is 5.25. The third-order valence-corrected chi connectivity index (χ3v) is 3.15. The lowest BCUT2D eigenvalue weighted by molar-refractivity contribution is -0.129. The number of nitrogens with one attached hydrogen (secondary N) is 1. The van der Waals surface area contributed by atoms with Gasteiger partial charge in [-0.25, -0.2) is 0 Å². The van der Waals surface area contributed by atoms with E-state index in [1.54, 1.807) is 0 Å². The van der Waals surface area contributed by atoms with Crippen molar-refractivity contribution in [3.05, 3.63) is 35.7 Å². The molecule has 21 heavy (non-hydrogen) atoms. The van der Waals surface area contributed by atoms with Gasteiger partial charge in [0, 0.05) is 11.0 Å². The van der Waals surface area contributed by atoms with Crippen LogP contribution in [0.3, 0.4) is 0 Å². The molecule has 1 atom stereocenters. The van der Waals surface area contributed by atoms with Crippen LogP contribution < -0.4 is 5.32 Å². The largest absolute Gasteiger partial charge is 0.344 e. The van der Waals surface area contributed by atoms with Crippen molar-refractivity contribution >= 4 is 5.91 Å². The molecule has 1 heterocycles. The number of hydrogen-bond donors (Lipinski definition) is 1. The molecule has 1 aromatic heterocycles. The third kappa shape index (κ3) is 3.68. The Morgan fingerprint density at radius 3 is 2.43 bits per heavy atom. The van der Waals surface area contributed by atoms with E-state index in [1.807, 2.05) is 58.9 Å². The molecule has 2 aromatic rings. The summed E-state index contributed by atoms with van der Waals surface area (Å²) in [5.41, 5.74) is 1.62. The van der Waals surface area contributed by atoms with Crippen molar-refractivity contribution in [3.8, 4) is 11.4 Å². The van der Waals surface area contributed by atoms with Crippen molar-refractivity contribution in [1.29, 1.82) is 0 Å². The number of aryl methyl sites for hydroxylation is 1. The molecule has 1 aromatic carbocycles. The Morgan fingerprint density at radius 1 is 1.24 bits per heavy atom. The van der Waals surface area contributed by atoms with Crippen LogP contribution >= 0.6 is 0 Å². The van der Waals surface area contributed by atoms with E-state index in [0.717, 1.165) is 5.56 Å². The number of carbonyl (C=O) groups excluding carboxylic acids is 1. The second kappa shape index (κ2) is 5.68. The van der Waals surface area contributed by atoms with Crippen LogP contribution in [0.25, 0.3) is 11.4 Å². The van der Waals surface area contributed by atoms with Crippen molar-refractivity contribution in [3.63, 3.8) is 0 Å². The van der Waals surface area contributed by atoms with Gasteiger partial charge in [-0.05, 0) is 13.8 Å². The zero-order chi connectivity index (χ0) is 15.6. The fourth-order valence-electron chi connectivity index (χ4n) is 1.71. The molecular formula is C16H21N3O2. The van der Waals surface area contributed by atoms with Crippen LogP contribution in [0.2, 0.25) is 0 Å². The Hall–Kier alpha value is -2.17. The van der Waals surface area contributed by atoms with E-state index in [9.17, 15) is 4.79 Å². The van der Waals surface area contributed by atoms with Crippen molar-refractivity contribution < 1.29 is 9.32 Å². The van der Waals surface area contributed by atoms with E-state index < -0.39 is 5.41 Å². The Morgan fingerprint density at radius 2 is 1.86 bits per heavy atom. The molecule has 0 aliphatic carbocycles. The van der Waals surface area contributed by atoms with E-state index in [4.69, 9.17) is 4.52 Å². The summed E-state index contributed by atoms with van der Waals surface area (Å²) in [6.07, 6.45) is 0. The van der Waals surface area contributed by atoms with Gasteiger partial charge in [-0.3, -0.25) is 4.79 Å². The van der Waals surface area contributed by atoms with Gasteiger partial charge >= 0.3 is 0 Å². The molecular weight excluding hydrogens is 266 g/mol. The quantitative estimate of drug-likeness (QED) is 0.940. The Kier molecular flexibility index (Phi) is 4.11. The van der Waals surface area contributed by atoms with Gasteiger partial charge in [-0.15, -0.1) is 0 Å². The van der Waals surface area contributed by atoms with Crippen LogP contribution in [0.4, 0.5) is 0 Å². The van der Waals surface area contributed by atoms with Crippen molar-refractivity contribution in [2.75, 3.05) is 0 Å². The smallest absolute Gasteiger partial charge is 0.249 e. The zero-order valence-corrected chi connectivity index (χ0v) is 13.1. The first-order valence-corrected chi connectivity index (χ1v) is 6.99. The second-order valence-electron chi connectivity index (χ2n) is 6.27. The number of rotatable bonds is 3. The maximum atomic E-state index is 12.0. The lowest BCUT2D eigenvalue weighted by atomic mass is 9.95. The maximum Gasteiger partial charge on any atom is 0.249 e. The molecule has 5 heteroatoms. The molecule has 2 rings (SSSR count). The van der Waals surface area contributed by atoms with Crippen LogP contribution in [0.5, 0.6) is 0 Å². The summed E-state index contributed by atoms with van der Waals surface area (Å²) in [5.74, 6) is 0.884. The fourth-order valence-corrected chi connectivity index (χ4v) is 1.71. The van der Waals surface area contributed by atoms with Crippen LogP contribution in [0.1, 0.15) is 45.2 Å². The minimum Gasteiger partial charge on any atom is -0.344 e. The first-order valence-electron chi connectivity index (χ1n) is 6.99. The molecule has 1 unspecified atom stereocenters. The van der Waals surface area contributed by atoms with Gasteiger partial charge in [-0.1, -0.05) is 55.8 Å². The van der Waals surface area contributed by atoms with Gasteiger partial charge < -0.3 is 9.84 Å². The molecule has 0 saturated heterocycles. The van der Waals surface area contributed by atoms with E-state index in [0.29, 0.717) is 11.7 Å². The zero-order valence-electron chi connectivity index (χ0n) is 13.1. The number of hydrogen-bond acceptors (Lipinski definition) is 4. The van der Waals surface area contributed by atoms with Crippen LogP contribution in [-0.2, 0) is 4.79 Å². The fraction of sp³-hybridized carbons (Fsp3) is 0.438. The van der Waals surface area contributed by atoms with Crippen LogP contribution in [-0.4, -0.2) is 16.0 Å². The molecule has 0 spiro atoms. The number of nitrogens with zero attached hydrogens (tertiary/aromatic N) is 2. The normalized spacial score (nSPS) is 13.0. The Balaban J connectivity index is 2.12. The molecule has 0 fully saturated rings. The van der Waals surface area contributed by atoms with Crippen LogP contribution in [0.15, 0.2) is 28.8 Å². The van der Waals surface area contributed by atoms with Gasteiger partial charge in [0.2, 0.25) is 17.6 Å². The number of carbonyl (C=O) groups is 1. The highest BCUT2D eigenvalue weighted by atomic mass is 16.5. The van der Waals surface area contributed by atoms with E-state index in [-0.39, 0.29) is 11.9 Å². The minimum absolute atomic E-state index is 0.0508. The number of benzene rings is 1. The highest BCUT2D eigenvalue weighted by Crippen LogP contribution is 2.20. The summed E-state index contributed by atoms with van der Waals surface area (Å²) >= 11 is 0. The van der Waals surface area contributed by atoms with E-state index in [2.05, 4.69) is 15.5 Å². The summed E-state index contributed by atoms with van der Waals surface area (Å²) in [4.78, 5) is 16.3. The molecule has 0 bridgehead atoms. The van der Waals surface area contributed by atoms with E-state index in [1.165, 1.54) is 5.56 Å². The average molecular weight is 287 g/mol. The van der Waals surface area contributed by atoms with E-state index >= 15 is 0 Å². The Bertz CT molecular complexity index is 624. The number of aromatic nitrogens is 2. The summed E-state index contributed by atoms with van der Waals surface area (Å²) in [6, 6.07) is 7.57. The van der Waals surface area contributed by atoms with Gasteiger partial charge in [0.1, 0.15) is 6.04 Å². The average Bonchev–Trinajstić information content (AvgIpc) is 2.88. The highest BCUT2D eigenvalue weighted by Gasteiger charge is 2.25. The first kappa shape index (κ1) is 15.2. The SMILES string of the molecule is Cc1ccc(-c2noc(C(C)NC(=O)C(C)(C)C)n2)cc1. The van der Waals surface area contributed by atoms with Crippen LogP contribution in [0, 0.1) is 12.3 Å². The van der Waals surface area contributed by atoms with Gasteiger partial charge in [-0.2, -0.15) is 4.98 Å². The van der Waals surface area contributed by atoms with Gasteiger partial charge in [0.15, 0.2) is 0 Å². The highest BCUT2D eigenvalue weighted by molar-refractivity contribution is 5.81. The monoisotopic (exact) mass is 287 g/mol. The van der Waals surface area contributed by atoms with Crippen molar-refractivity contribution in [1.82, 2.24) is 15.5 Å². The number of amides is 1. The minimum atomic E-state index is -0.450. The standard InChI is InChI=1S/C16H21N3O2/c1-10-6-8-12(9-7-10)13-18-14(21-19-13)11(2)17-15(20)16(3,4)5/h6-9,11H,1-5H3,(H,17,20). The molecule has 1 N–H and O–H groups in total. The Labute approximate surface area is 124 Å². The second-order valence-corrected chi connectivity index (χ2v) is 6.27. The predicted molar refractivity (Wildman–Crippen MR) is 80.5 cm³/mol. The molecule has 0 saturated carbocycles. The maximum absolute atomic E-state index is 12.0.